The van der Waals surface area contributed by atoms with Crippen LogP contribution < -0.4 is 10.6 Å². The molecule has 0 saturated carbocycles. The van der Waals surface area contributed by atoms with Gasteiger partial charge < -0.3 is 10.6 Å². The van der Waals surface area contributed by atoms with E-state index in [0.717, 1.165) is 19.4 Å². The summed E-state index contributed by atoms with van der Waals surface area (Å²) in [7, 11) is 0. The van der Waals surface area contributed by atoms with E-state index in [9.17, 15) is 22.4 Å². The Kier molecular flexibility index (Phi) is 4.82. The molecule has 1 aliphatic rings. The molecule has 1 heterocycles. The maximum Gasteiger partial charge on any atom is 0.226 e. The molecule has 1 amide bonds. The van der Waals surface area contributed by atoms with Gasteiger partial charge in [0.25, 0.3) is 0 Å². The molecule has 1 aliphatic heterocycles. The van der Waals surface area contributed by atoms with E-state index in [4.69, 9.17) is 0 Å². The standard InChI is InChI=1S/C14H16F4N2O/c1-7-3-2-4-19-10(7)6-11(21)20-14-12(17)8(15)5-9(16)13(14)18/h5,7,10,19H,2-4,6H2,1H3,(H,20,21). The molecule has 2 N–H and O–H groups in total. The Morgan fingerprint density at radius 1 is 1.29 bits per heavy atom. The van der Waals surface area contributed by atoms with Crippen LogP contribution in [0.4, 0.5) is 23.2 Å². The molecule has 21 heavy (non-hydrogen) atoms. The molecule has 0 aliphatic carbocycles. The SMILES string of the molecule is CC1CCCNC1CC(=O)Nc1c(F)c(F)cc(F)c1F. The number of carbonyl (C=O) groups is 1. The van der Waals surface area contributed by atoms with Crippen molar-refractivity contribution in [1.82, 2.24) is 5.32 Å². The molecule has 1 saturated heterocycles. The van der Waals surface area contributed by atoms with E-state index in [-0.39, 0.29) is 24.4 Å². The first kappa shape index (κ1) is 15.8. The molecule has 0 aromatic heterocycles. The molecule has 2 rings (SSSR count). The second-order valence-electron chi connectivity index (χ2n) is 5.28. The summed E-state index contributed by atoms with van der Waals surface area (Å²) >= 11 is 0. The second kappa shape index (κ2) is 6.43. The molecule has 3 nitrogen and oxygen atoms in total. The third-order valence-electron chi connectivity index (χ3n) is 3.71. The highest BCUT2D eigenvalue weighted by molar-refractivity contribution is 5.91. The van der Waals surface area contributed by atoms with Crippen LogP contribution in [0.3, 0.4) is 0 Å². The van der Waals surface area contributed by atoms with Crippen molar-refractivity contribution < 1.29 is 22.4 Å². The summed E-state index contributed by atoms with van der Waals surface area (Å²) in [6, 6.07) is -0.0197. The van der Waals surface area contributed by atoms with Gasteiger partial charge in [0.2, 0.25) is 5.91 Å². The third kappa shape index (κ3) is 3.53. The van der Waals surface area contributed by atoms with Gasteiger partial charge in [-0.3, -0.25) is 4.79 Å². The molecule has 1 aromatic carbocycles. The summed E-state index contributed by atoms with van der Waals surface area (Å²) < 4.78 is 53.0. The van der Waals surface area contributed by atoms with E-state index in [0.29, 0.717) is 0 Å². The van der Waals surface area contributed by atoms with Crippen LogP contribution in [0.5, 0.6) is 0 Å². The molecular formula is C14H16F4N2O. The number of piperidine rings is 1. The minimum absolute atomic E-state index is 0.0157. The van der Waals surface area contributed by atoms with Gasteiger partial charge in [0.05, 0.1) is 0 Å². The summed E-state index contributed by atoms with van der Waals surface area (Å²) in [4.78, 5) is 11.8. The lowest BCUT2D eigenvalue weighted by molar-refractivity contribution is -0.117. The van der Waals surface area contributed by atoms with Crippen molar-refractivity contribution in [2.45, 2.75) is 32.2 Å². The van der Waals surface area contributed by atoms with Crippen LogP contribution in [0.25, 0.3) is 0 Å². The maximum absolute atomic E-state index is 13.4. The van der Waals surface area contributed by atoms with Crippen LogP contribution >= 0.6 is 0 Å². The van der Waals surface area contributed by atoms with Gasteiger partial charge in [0.15, 0.2) is 23.3 Å². The smallest absolute Gasteiger partial charge is 0.226 e. The van der Waals surface area contributed by atoms with Gasteiger partial charge in [-0.2, -0.15) is 0 Å². The van der Waals surface area contributed by atoms with E-state index < -0.39 is 34.9 Å². The number of halogens is 4. The Hall–Kier alpha value is -1.63. The van der Waals surface area contributed by atoms with E-state index in [1.54, 1.807) is 0 Å². The average molecular weight is 304 g/mol. The van der Waals surface area contributed by atoms with Crippen LogP contribution in [-0.2, 0) is 4.79 Å². The fourth-order valence-corrected chi connectivity index (χ4v) is 2.46. The normalized spacial score (nSPS) is 22.1. The number of nitrogens with one attached hydrogen (secondary N) is 2. The van der Waals surface area contributed by atoms with Crippen molar-refractivity contribution in [3.63, 3.8) is 0 Å². The zero-order valence-electron chi connectivity index (χ0n) is 11.5. The lowest BCUT2D eigenvalue weighted by Gasteiger charge is -2.29. The second-order valence-corrected chi connectivity index (χ2v) is 5.28. The number of rotatable bonds is 3. The predicted octanol–water partition coefficient (Wildman–Crippen LogP) is 2.96. The number of benzene rings is 1. The summed E-state index contributed by atoms with van der Waals surface area (Å²) in [5, 5.41) is 5.06. The molecule has 1 aromatic rings. The zero-order valence-corrected chi connectivity index (χ0v) is 11.5. The summed E-state index contributed by atoms with van der Waals surface area (Å²) in [5.74, 6) is -6.76. The van der Waals surface area contributed by atoms with Gasteiger partial charge >= 0.3 is 0 Å². The van der Waals surface area contributed by atoms with E-state index >= 15 is 0 Å². The molecule has 0 bridgehead atoms. The Balaban J connectivity index is 2.09. The van der Waals surface area contributed by atoms with Crippen LogP contribution in [0.2, 0.25) is 0 Å². The summed E-state index contributed by atoms with van der Waals surface area (Å²) in [6.45, 7) is 2.73. The van der Waals surface area contributed by atoms with Gasteiger partial charge in [0.1, 0.15) is 5.69 Å². The minimum atomic E-state index is -1.60. The number of hydrogen-bond acceptors (Lipinski definition) is 2. The first-order chi connectivity index (χ1) is 9.90. The maximum atomic E-state index is 13.4. The van der Waals surface area contributed by atoms with Crippen LogP contribution in [-0.4, -0.2) is 18.5 Å². The van der Waals surface area contributed by atoms with Gasteiger partial charge in [-0.25, -0.2) is 17.6 Å². The fraction of sp³-hybridized carbons (Fsp3) is 0.500. The van der Waals surface area contributed by atoms with Gasteiger partial charge in [-0.05, 0) is 25.3 Å². The molecule has 2 atom stereocenters. The number of amides is 1. The summed E-state index contributed by atoms with van der Waals surface area (Å²) in [6.07, 6.45) is 1.93. The number of carbonyl (C=O) groups excluding carboxylic acids is 1. The van der Waals surface area contributed by atoms with Crippen molar-refractivity contribution in [2.75, 3.05) is 11.9 Å². The number of anilines is 1. The largest absolute Gasteiger partial charge is 0.321 e. The van der Waals surface area contributed by atoms with Gasteiger partial charge in [-0.15, -0.1) is 0 Å². The van der Waals surface area contributed by atoms with Crippen molar-refractivity contribution in [3.05, 3.63) is 29.3 Å². The molecule has 116 valence electrons. The van der Waals surface area contributed by atoms with Crippen molar-refractivity contribution in [2.24, 2.45) is 5.92 Å². The van der Waals surface area contributed by atoms with Crippen LogP contribution in [0, 0.1) is 29.2 Å². The molecule has 7 heteroatoms. The van der Waals surface area contributed by atoms with Crippen molar-refractivity contribution in [1.29, 1.82) is 0 Å². The predicted molar refractivity (Wildman–Crippen MR) is 69.7 cm³/mol. The summed E-state index contributed by atoms with van der Waals surface area (Å²) in [5.41, 5.74) is -1.08. The van der Waals surface area contributed by atoms with E-state index in [1.165, 1.54) is 0 Å². The molecule has 0 radical (unpaired) electrons. The Labute approximate surface area is 119 Å². The third-order valence-corrected chi connectivity index (χ3v) is 3.71. The minimum Gasteiger partial charge on any atom is -0.321 e. The highest BCUT2D eigenvalue weighted by atomic mass is 19.2. The number of hydrogen-bond donors (Lipinski definition) is 2. The Morgan fingerprint density at radius 2 is 1.90 bits per heavy atom. The van der Waals surface area contributed by atoms with Crippen molar-refractivity contribution >= 4 is 11.6 Å². The topological polar surface area (TPSA) is 41.1 Å². The highest BCUT2D eigenvalue weighted by Gasteiger charge is 2.25. The van der Waals surface area contributed by atoms with E-state index in [1.807, 2.05) is 12.2 Å². The van der Waals surface area contributed by atoms with Gasteiger partial charge in [0, 0.05) is 18.5 Å². The quantitative estimate of drug-likeness (QED) is 0.666. The molecular weight excluding hydrogens is 288 g/mol. The van der Waals surface area contributed by atoms with Crippen molar-refractivity contribution in [3.8, 4) is 0 Å². The molecule has 1 fully saturated rings. The average Bonchev–Trinajstić information content (AvgIpc) is 2.44. The molecule has 2 unspecified atom stereocenters. The monoisotopic (exact) mass is 304 g/mol. The highest BCUT2D eigenvalue weighted by Crippen LogP contribution is 2.25. The Morgan fingerprint density at radius 3 is 2.48 bits per heavy atom. The molecule has 0 spiro atoms. The lowest BCUT2D eigenvalue weighted by Crippen LogP contribution is -2.42. The zero-order chi connectivity index (χ0) is 15.6. The first-order valence-corrected chi connectivity index (χ1v) is 6.76. The van der Waals surface area contributed by atoms with Crippen LogP contribution in [0.15, 0.2) is 6.07 Å². The van der Waals surface area contributed by atoms with E-state index in [2.05, 4.69) is 5.32 Å². The fourth-order valence-electron chi connectivity index (χ4n) is 2.46. The van der Waals surface area contributed by atoms with Crippen LogP contribution in [0.1, 0.15) is 26.2 Å². The van der Waals surface area contributed by atoms with Gasteiger partial charge in [-0.1, -0.05) is 6.92 Å². The Bertz CT molecular complexity index is 524. The first-order valence-electron chi connectivity index (χ1n) is 6.76. The lowest BCUT2D eigenvalue weighted by atomic mass is 9.90.